The van der Waals surface area contributed by atoms with Crippen LogP contribution in [0.25, 0.3) is 0 Å². The van der Waals surface area contributed by atoms with Crippen molar-refractivity contribution in [2.24, 2.45) is 5.92 Å². The molecule has 6 atom stereocenters. The molecule has 1 aromatic heterocycles. The Kier molecular flexibility index (Phi) is 8.17. The summed E-state index contributed by atoms with van der Waals surface area (Å²) in [6.45, 7) is 3.10. The van der Waals surface area contributed by atoms with E-state index in [9.17, 15) is 28.5 Å². The van der Waals surface area contributed by atoms with E-state index in [1.165, 1.54) is 19.4 Å². The van der Waals surface area contributed by atoms with Crippen molar-refractivity contribution in [3.8, 4) is 0 Å². The zero-order valence-electron chi connectivity index (χ0n) is 16.9. The van der Waals surface area contributed by atoms with Crippen LogP contribution in [0.3, 0.4) is 0 Å². The van der Waals surface area contributed by atoms with Gasteiger partial charge in [0.05, 0.1) is 18.2 Å². The van der Waals surface area contributed by atoms with Gasteiger partial charge in [0.1, 0.15) is 6.10 Å². The van der Waals surface area contributed by atoms with E-state index in [4.69, 9.17) is 13.8 Å². The third-order valence-electron chi connectivity index (χ3n) is 4.50. The lowest BCUT2D eigenvalue weighted by Crippen LogP contribution is -2.38. The highest BCUT2D eigenvalue weighted by Gasteiger charge is 2.48. The van der Waals surface area contributed by atoms with E-state index >= 15 is 0 Å². The highest BCUT2D eigenvalue weighted by molar-refractivity contribution is 7.56. The topological polar surface area (TPSA) is 166 Å². The van der Waals surface area contributed by atoms with E-state index in [1.807, 2.05) is 0 Å². The van der Waals surface area contributed by atoms with Crippen LogP contribution in [0.4, 0.5) is 0 Å². The van der Waals surface area contributed by atoms with Crippen molar-refractivity contribution in [1.29, 1.82) is 0 Å². The van der Waals surface area contributed by atoms with Crippen LogP contribution in [-0.4, -0.2) is 51.9 Å². The smallest absolute Gasteiger partial charge is 0.378 e. The molecular weight excluding hydrogens is 442 g/mol. The summed E-state index contributed by atoms with van der Waals surface area (Å²) >= 11 is 0. The number of methoxy groups -OCH3 is 1. The minimum absolute atomic E-state index is 0.136. The SMILES string of the molecule is CO[C@@H]1[C@@H](/C=C/P(=O)(O)OC)CC(n2ccc(=O)[nH]c2=O)[C@@H]1OP(=O)(O)OC(C)C. The molecule has 0 aromatic carbocycles. The molecule has 0 amide bonds. The monoisotopic (exact) mass is 468 g/mol. The fourth-order valence-electron chi connectivity index (χ4n) is 3.32. The van der Waals surface area contributed by atoms with Crippen molar-refractivity contribution < 1.29 is 37.2 Å². The molecule has 14 heteroatoms. The molecule has 0 radical (unpaired) electrons. The third kappa shape index (κ3) is 6.32. The standard InChI is InChI=1S/C16H26N2O10P2/c1-10(2)27-30(23,24)28-15-12(18-7-5-13(19)17-16(18)20)9-11(14(15)25-3)6-8-29(21,22)26-4/h5-8,10-12,14-15H,9H2,1-4H3,(H,21,22)(H,23,24)(H,17,19,20)/b8-6+/t11-,12?,14+,15-/m0/s1. The van der Waals surface area contributed by atoms with Crippen molar-refractivity contribution in [2.45, 2.75) is 44.6 Å². The number of nitrogens with one attached hydrogen (secondary N) is 1. The van der Waals surface area contributed by atoms with Gasteiger partial charge >= 0.3 is 21.1 Å². The Morgan fingerprint density at radius 2 is 1.90 bits per heavy atom. The highest BCUT2D eigenvalue weighted by Crippen LogP contribution is 2.52. The number of phosphoric ester groups is 1. The molecule has 1 saturated carbocycles. The fourth-order valence-corrected chi connectivity index (χ4v) is 5.03. The first-order valence-electron chi connectivity index (χ1n) is 9.00. The van der Waals surface area contributed by atoms with Crippen molar-refractivity contribution in [3.63, 3.8) is 0 Å². The Labute approximate surface area is 172 Å². The highest BCUT2D eigenvalue weighted by atomic mass is 31.2. The molecule has 2 rings (SSSR count). The normalized spacial score (nSPS) is 28.6. The zero-order valence-corrected chi connectivity index (χ0v) is 18.7. The minimum atomic E-state index is -4.53. The second-order valence-corrected chi connectivity index (χ2v) is 10.1. The van der Waals surface area contributed by atoms with Gasteiger partial charge in [-0.2, -0.15) is 0 Å². The van der Waals surface area contributed by atoms with E-state index < -0.39 is 56.9 Å². The van der Waals surface area contributed by atoms with Gasteiger partial charge in [0.2, 0.25) is 0 Å². The molecule has 30 heavy (non-hydrogen) atoms. The number of H-pyrrole nitrogens is 1. The maximum Gasteiger partial charge on any atom is 0.472 e. The van der Waals surface area contributed by atoms with Gasteiger partial charge in [-0.1, -0.05) is 6.08 Å². The van der Waals surface area contributed by atoms with E-state index in [2.05, 4.69) is 9.51 Å². The van der Waals surface area contributed by atoms with E-state index in [-0.39, 0.29) is 6.42 Å². The van der Waals surface area contributed by atoms with Gasteiger partial charge in [-0.25, -0.2) is 9.36 Å². The Hall–Kier alpha value is -1.36. The molecule has 12 nitrogen and oxygen atoms in total. The van der Waals surface area contributed by atoms with Crippen LogP contribution in [0.15, 0.2) is 33.7 Å². The molecule has 1 fully saturated rings. The molecule has 0 spiro atoms. The molecule has 3 N–H and O–H groups in total. The van der Waals surface area contributed by atoms with Gasteiger partial charge in [0.15, 0.2) is 0 Å². The maximum atomic E-state index is 12.4. The number of ether oxygens (including phenoxy) is 1. The Balaban J connectivity index is 2.47. The van der Waals surface area contributed by atoms with Crippen LogP contribution in [0.5, 0.6) is 0 Å². The molecule has 0 bridgehead atoms. The Bertz CT molecular complexity index is 971. The summed E-state index contributed by atoms with van der Waals surface area (Å²) in [4.78, 5) is 45.6. The summed E-state index contributed by atoms with van der Waals surface area (Å²) in [5.74, 6) is 0.389. The zero-order chi connectivity index (χ0) is 22.7. The number of nitrogens with zero attached hydrogens (tertiary/aromatic N) is 1. The second kappa shape index (κ2) is 9.84. The number of aromatic amines is 1. The number of phosphoric acid groups is 1. The predicted molar refractivity (Wildman–Crippen MR) is 106 cm³/mol. The lowest BCUT2D eigenvalue weighted by atomic mass is 10.1. The lowest BCUT2D eigenvalue weighted by Gasteiger charge is -2.28. The van der Waals surface area contributed by atoms with E-state index in [0.29, 0.717) is 0 Å². The van der Waals surface area contributed by atoms with Gasteiger partial charge in [0, 0.05) is 38.2 Å². The maximum absolute atomic E-state index is 12.4. The summed E-state index contributed by atoms with van der Waals surface area (Å²) in [5, 5.41) is 0. The predicted octanol–water partition coefficient (Wildman–Crippen LogP) is 1.37. The number of hydrogen-bond acceptors (Lipinski definition) is 8. The molecule has 0 saturated heterocycles. The van der Waals surface area contributed by atoms with E-state index in [1.54, 1.807) is 13.8 Å². The molecular formula is C16H26N2O10P2. The first-order chi connectivity index (χ1) is 13.9. The quantitative estimate of drug-likeness (QED) is 0.451. The third-order valence-corrected chi connectivity index (χ3v) is 6.77. The molecule has 1 aliphatic rings. The first kappa shape index (κ1) is 24.9. The van der Waals surface area contributed by atoms with Gasteiger partial charge in [-0.05, 0) is 20.3 Å². The summed E-state index contributed by atoms with van der Waals surface area (Å²) in [6, 6.07) is 0.283. The molecule has 3 unspecified atom stereocenters. The summed E-state index contributed by atoms with van der Waals surface area (Å²) in [6.07, 6.45) is 0.101. The average molecular weight is 468 g/mol. The van der Waals surface area contributed by atoms with Gasteiger partial charge in [-0.15, -0.1) is 0 Å². The van der Waals surface area contributed by atoms with Gasteiger partial charge in [0.25, 0.3) is 5.56 Å². The summed E-state index contributed by atoms with van der Waals surface area (Å²) in [7, 11) is -6.10. The summed E-state index contributed by atoms with van der Waals surface area (Å²) < 4.78 is 45.6. The van der Waals surface area contributed by atoms with Crippen LogP contribution >= 0.6 is 15.4 Å². The minimum Gasteiger partial charge on any atom is -0.378 e. The number of aromatic nitrogens is 2. The molecule has 1 aliphatic carbocycles. The van der Waals surface area contributed by atoms with Crippen LogP contribution in [0, 0.1) is 5.92 Å². The van der Waals surface area contributed by atoms with Crippen molar-refractivity contribution in [1.82, 2.24) is 9.55 Å². The van der Waals surface area contributed by atoms with Gasteiger partial charge < -0.3 is 19.0 Å². The molecule has 1 aromatic rings. The average Bonchev–Trinajstić information content (AvgIpc) is 2.95. The van der Waals surface area contributed by atoms with Crippen LogP contribution < -0.4 is 11.2 Å². The van der Waals surface area contributed by atoms with Crippen molar-refractivity contribution in [2.75, 3.05) is 14.2 Å². The van der Waals surface area contributed by atoms with Gasteiger partial charge in [-0.3, -0.25) is 28.0 Å². The molecule has 0 aliphatic heterocycles. The van der Waals surface area contributed by atoms with E-state index in [0.717, 1.165) is 23.6 Å². The number of rotatable bonds is 9. The molecule has 170 valence electrons. The lowest BCUT2D eigenvalue weighted by molar-refractivity contribution is -0.0241. The van der Waals surface area contributed by atoms with Crippen molar-refractivity contribution in [3.05, 3.63) is 45.0 Å². The fraction of sp³-hybridized carbons (Fsp3) is 0.625. The first-order valence-corrected chi connectivity index (χ1v) is 12.1. The van der Waals surface area contributed by atoms with Crippen LogP contribution in [-0.2, 0) is 27.4 Å². The van der Waals surface area contributed by atoms with Crippen molar-refractivity contribution >= 4 is 15.4 Å². The number of hydrogen-bond donors (Lipinski definition) is 3. The largest absolute Gasteiger partial charge is 0.472 e. The van der Waals surface area contributed by atoms with Crippen LogP contribution in [0.1, 0.15) is 26.3 Å². The second-order valence-electron chi connectivity index (χ2n) is 6.97. The van der Waals surface area contributed by atoms with Crippen LogP contribution in [0.2, 0.25) is 0 Å². The summed E-state index contributed by atoms with van der Waals surface area (Å²) in [5.41, 5.74) is -1.36. The molecule has 1 heterocycles. The Morgan fingerprint density at radius 3 is 2.43 bits per heavy atom. The Morgan fingerprint density at radius 1 is 1.23 bits per heavy atom.